The van der Waals surface area contributed by atoms with Gasteiger partial charge in [-0.15, -0.1) is 0 Å². The zero-order valence-corrected chi connectivity index (χ0v) is 12.0. The fraction of sp³-hybridized carbons (Fsp3) is 0.214. The average molecular weight is 288 g/mol. The van der Waals surface area contributed by atoms with E-state index >= 15 is 0 Å². The molecule has 6 heteroatoms. The van der Waals surface area contributed by atoms with Crippen LogP contribution in [0, 0.1) is 0 Å². The molecule has 0 radical (unpaired) electrons. The summed E-state index contributed by atoms with van der Waals surface area (Å²) in [6.45, 7) is 4.23. The van der Waals surface area contributed by atoms with Crippen LogP contribution in [0.5, 0.6) is 0 Å². The standard InChI is InChI=1S/C14H14ClN5/c1-8(2)20-7-10(11-3-4-17-14(16)19-11)9-5-13(15)18-6-12(9)20/h3-8H,1-2H3,(H2,16,17,19). The summed E-state index contributed by atoms with van der Waals surface area (Å²) >= 11 is 6.02. The Morgan fingerprint density at radius 3 is 2.80 bits per heavy atom. The molecule has 0 aliphatic carbocycles. The van der Waals surface area contributed by atoms with E-state index in [0.29, 0.717) is 11.2 Å². The van der Waals surface area contributed by atoms with E-state index < -0.39 is 0 Å². The zero-order valence-electron chi connectivity index (χ0n) is 11.2. The number of rotatable bonds is 2. The van der Waals surface area contributed by atoms with Crippen LogP contribution in [0.4, 0.5) is 5.95 Å². The Kier molecular flexibility index (Phi) is 3.06. The van der Waals surface area contributed by atoms with Crippen molar-refractivity contribution < 1.29 is 0 Å². The largest absolute Gasteiger partial charge is 0.368 e. The number of nitrogen functional groups attached to an aromatic ring is 1. The smallest absolute Gasteiger partial charge is 0.220 e. The van der Waals surface area contributed by atoms with Crippen molar-refractivity contribution in [3.8, 4) is 11.3 Å². The van der Waals surface area contributed by atoms with E-state index in [0.717, 1.165) is 22.2 Å². The van der Waals surface area contributed by atoms with Gasteiger partial charge in [-0.3, -0.25) is 0 Å². The Balaban J connectivity index is 2.32. The Labute approximate surface area is 121 Å². The van der Waals surface area contributed by atoms with Crippen LogP contribution in [0.2, 0.25) is 5.15 Å². The molecule has 0 spiro atoms. The maximum Gasteiger partial charge on any atom is 0.220 e. The van der Waals surface area contributed by atoms with Crippen LogP contribution in [-0.2, 0) is 0 Å². The van der Waals surface area contributed by atoms with Crippen LogP contribution in [-0.4, -0.2) is 19.5 Å². The molecule has 0 aliphatic rings. The Morgan fingerprint density at radius 2 is 2.10 bits per heavy atom. The van der Waals surface area contributed by atoms with Gasteiger partial charge in [0.15, 0.2) is 0 Å². The molecule has 2 N–H and O–H groups in total. The van der Waals surface area contributed by atoms with Gasteiger partial charge in [-0.1, -0.05) is 11.6 Å². The number of aromatic nitrogens is 4. The van der Waals surface area contributed by atoms with Gasteiger partial charge in [0, 0.05) is 29.4 Å². The normalized spacial score (nSPS) is 11.4. The zero-order chi connectivity index (χ0) is 14.3. The van der Waals surface area contributed by atoms with E-state index in [4.69, 9.17) is 17.3 Å². The van der Waals surface area contributed by atoms with Gasteiger partial charge < -0.3 is 10.3 Å². The Morgan fingerprint density at radius 1 is 1.30 bits per heavy atom. The number of fused-ring (bicyclic) bond motifs is 1. The monoisotopic (exact) mass is 287 g/mol. The molecule has 0 fully saturated rings. The summed E-state index contributed by atoms with van der Waals surface area (Å²) in [6.07, 6.45) is 5.49. The van der Waals surface area contributed by atoms with Crippen molar-refractivity contribution in [1.29, 1.82) is 0 Å². The first kappa shape index (κ1) is 12.9. The summed E-state index contributed by atoms with van der Waals surface area (Å²) in [5.41, 5.74) is 8.45. The highest BCUT2D eigenvalue weighted by atomic mass is 35.5. The van der Waals surface area contributed by atoms with E-state index in [1.165, 1.54) is 0 Å². The molecule has 3 aromatic heterocycles. The second-order valence-corrected chi connectivity index (χ2v) is 5.26. The molecule has 0 saturated heterocycles. The molecule has 3 aromatic rings. The first-order chi connectivity index (χ1) is 9.56. The van der Waals surface area contributed by atoms with Gasteiger partial charge in [0.05, 0.1) is 17.4 Å². The predicted molar refractivity (Wildman–Crippen MR) is 80.6 cm³/mol. The van der Waals surface area contributed by atoms with Gasteiger partial charge >= 0.3 is 0 Å². The fourth-order valence-corrected chi connectivity index (χ4v) is 2.44. The maximum absolute atomic E-state index is 6.02. The molecule has 0 bridgehead atoms. The molecular weight excluding hydrogens is 274 g/mol. The van der Waals surface area contributed by atoms with Gasteiger partial charge in [0.2, 0.25) is 5.95 Å². The number of nitrogens with zero attached hydrogens (tertiary/aromatic N) is 4. The Bertz CT molecular complexity index is 778. The van der Waals surface area contributed by atoms with Crippen LogP contribution in [0.1, 0.15) is 19.9 Å². The summed E-state index contributed by atoms with van der Waals surface area (Å²) in [5.74, 6) is 0.258. The van der Waals surface area contributed by atoms with Crippen molar-refractivity contribution in [2.24, 2.45) is 0 Å². The van der Waals surface area contributed by atoms with E-state index in [1.54, 1.807) is 12.4 Å². The summed E-state index contributed by atoms with van der Waals surface area (Å²) in [6, 6.07) is 4.00. The van der Waals surface area contributed by atoms with Gasteiger partial charge in [-0.2, -0.15) is 0 Å². The molecule has 3 heterocycles. The highest BCUT2D eigenvalue weighted by Crippen LogP contribution is 2.32. The van der Waals surface area contributed by atoms with Crippen LogP contribution < -0.4 is 5.73 Å². The lowest BCUT2D eigenvalue weighted by Gasteiger charge is -2.08. The minimum Gasteiger partial charge on any atom is -0.368 e. The van der Waals surface area contributed by atoms with E-state index in [-0.39, 0.29) is 5.95 Å². The molecule has 0 saturated carbocycles. The number of pyridine rings is 1. The van der Waals surface area contributed by atoms with Gasteiger partial charge in [0.25, 0.3) is 0 Å². The minimum atomic E-state index is 0.258. The van der Waals surface area contributed by atoms with E-state index in [2.05, 4.69) is 39.6 Å². The number of anilines is 1. The van der Waals surface area contributed by atoms with Gasteiger partial charge in [0.1, 0.15) is 5.15 Å². The lowest BCUT2D eigenvalue weighted by Crippen LogP contribution is -1.98. The summed E-state index contributed by atoms with van der Waals surface area (Å²) in [4.78, 5) is 12.4. The SMILES string of the molecule is CC(C)n1cc(-c2ccnc(N)n2)c2cc(Cl)ncc21. The first-order valence-corrected chi connectivity index (χ1v) is 6.69. The lowest BCUT2D eigenvalue weighted by atomic mass is 10.1. The van der Waals surface area contributed by atoms with Crippen LogP contribution in [0.3, 0.4) is 0 Å². The number of hydrogen-bond donors (Lipinski definition) is 1. The number of halogens is 1. The average Bonchev–Trinajstić information content (AvgIpc) is 2.77. The van der Waals surface area contributed by atoms with Crippen LogP contribution in [0.15, 0.2) is 30.7 Å². The molecule has 20 heavy (non-hydrogen) atoms. The van der Waals surface area contributed by atoms with E-state index in [9.17, 15) is 0 Å². The summed E-state index contributed by atoms with van der Waals surface area (Å²) < 4.78 is 2.15. The van der Waals surface area contributed by atoms with Crippen molar-refractivity contribution in [2.45, 2.75) is 19.9 Å². The quantitative estimate of drug-likeness (QED) is 0.734. The molecule has 102 valence electrons. The molecule has 3 rings (SSSR count). The molecule has 5 nitrogen and oxygen atoms in total. The van der Waals surface area contributed by atoms with Gasteiger partial charge in [-0.25, -0.2) is 15.0 Å². The third-order valence-electron chi connectivity index (χ3n) is 3.19. The van der Waals surface area contributed by atoms with Crippen molar-refractivity contribution in [3.63, 3.8) is 0 Å². The fourth-order valence-electron chi connectivity index (χ4n) is 2.28. The summed E-state index contributed by atoms with van der Waals surface area (Å²) in [7, 11) is 0. The third-order valence-corrected chi connectivity index (χ3v) is 3.40. The topological polar surface area (TPSA) is 69.6 Å². The second-order valence-electron chi connectivity index (χ2n) is 4.87. The molecule has 0 amide bonds. The van der Waals surface area contributed by atoms with Gasteiger partial charge in [-0.05, 0) is 26.0 Å². The number of nitrogens with two attached hydrogens (primary N) is 1. The van der Waals surface area contributed by atoms with Crippen molar-refractivity contribution in [1.82, 2.24) is 19.5 Å². The predicted octanol–water partition coefficient (Wildman–Crippen LogP) is 3.31. The maximum atomic E-state index is 6.02. The first-order valence-electron chi connectivity index (χ1n) is 6.31. The van der Waals surface area contributed by atoms with E-state index in [1.807, 2.05) is 12.1 Å². The highest BCUT2D eigenvalue weighted by Gasteiger charge is 2.14. The highest BCUT2D eigenvalue weighted by molar-refractivity contribution is 6.30. The van der Waals surface area contributed by atoms with Crippen LogP contribution >= 0.6 is 11.6 Å². The van der Waals surface area contributed by atoms with Crippen molar-refractivity contribution >= 4 is 28.5 Å². The second kappa shape index (κ2) is 4.76. The minimum absolute atomic E-state index is 0.258. The molecule has 0 aromatic carbocycles. The Hall–Kier alpha value is -2.14. The number of hydrogen-bond acceptors (Lipinski definition) is 4. The summed E-state index contributed by atoms with van der Waals surface area (Å²) in [5, 5.41) is 1.47. The van der Waals surface area contributed by atoms with Crippen molar-refractivity contribution in [3.05, 3.63) is 35.9 Å². The van der Waals surface area contributed by atoms with Crippen LogP contribution in [0.25, 0.3) is 22.2 Å². The molecular formula is C14H14ClN5. The third kappa shape index (κ3) is 2.10. The lowest BCUT2D eigenvalue weighted by molar-refractivity contribution is 0.622. The van der Waals surface area contributed by atoms with Crippen molar-refractivity contribution in [2.75, 3.05) is 5.73 Å². The molecule has 0 unspecified atom stereocenters. The molecule has 0 aliphatic heterocycles. The molecule has 0 atom stereocenters.